The Hall–Kier alpha value is -1.18. The van der Waals surface area contributed by atoms with Crippen LogP contribution in [0.4, 0.5) is 0 Å². The van der Waals surface area contributed by atoms with Gasteiger partial charge in [-0.2, -0.15) is 0 Å². The molecule has 3 rings (SSSR count). The monoisotopic (exact) mass is 232 g/mol. The van der Waals surface area contributed by atoms with Gasteiger partial charge in [0.1, 0.15) is 0 Å². The van der Waals surface area contributed by atoms with Crippen LogP contribution >= 0.6 is 0 Å². The normalized spacial score (nSPS) is 21.5. The van der Waals surface area contributed by atoms with Gasteiger partial charge >= 0.3 is 0 Å². The molecule has 1 heterocycles. The van der Waals surface area contributed by atoms with Gasteiger partial charge in [0.05, 0.1) is 0 Å². The molecule has 0 radical (unpaired) electrons. The zero-order valence-corrected chi connectivity index (χ0v) is 10.5. The van der Waals surface area contributed by atoms with Crippen LogP contribution in [0.15, 0.2) is 18.2 Å². The lowest BCUT2D eigenvalue weighted by Gasteiger charge is -2.25. The first-order chi connectivity index (χ1) is 8.31. The Bertz CT molecular complexity index is 403. The van der Waals surface area contributed by atoms with Crippen molar-refractivity contribution in [2.45, 2.75) is 57.7 Å². The molecule has 0 atom stereocenters. The molecule has 1 spiro atoms. The van der Waals surface area contributed by atoms with Crippen molar-refractivity contribution in [1.82, 2.24) is 0 Å². The fraction of sp³-hybridized carbons (Fsp3) is 0.600. The van der Waals surface area contributed by atoms with Crippen molar-refractivity contribution in [3.05, 3.63) is 23.8 Å². The second-order valence-electron chi connectivity index (χ2n) is 5.16. The second kappa shape index (κ2) is 4.25. The predicted octanol–water partition coefficient (Wildman–Crippen LogP) is 4.07. The number of hydrogen-bond acceptors (Lipinski definition) is 2. The van der Waals surface area contributed by atoms with E-state index >= 15 is 0 Å². The molecule has 0 amide bonds. The number of rotatable bonds is 1. The van der Waals surface area contributed by atoms with Gasteiger partial charge in [-0.3, -0.25) is 0 Å². The van der Waals surface area contributed by atoms with Gasteiger partial charge in [-0.15, -0.1) is 0 Å². The van der Waals surface area contributed by atoms with Gasteiger partial charge in [0.2, 0.25) is 0 Å². The lowest BCUT2D eigenvalue weighted by atomic mass is 10.1. The smallest absolute Gasteiger partial charge is 0.251 e. The Kier molecular flexibility index (Phi) is 2.73. The molecule has 17 heavy (non-hydrogen) atoms. The SMILES string of the molecule is CCc1ccc2c(c1)OC1(CCCCCC1)O2. The van der Waals surface area contributed by atoms with Crippen molar-refractivity contribution < 1.29 is 9.47 Å². The van der Waals surface area contributed by atoms with Crippen molar-refractivity contribution in [2.75, 3.05) is 0 Å². The van der Waals surface area contributed by atoms with Crippen LogP contribution < -0.4 is 9.47 Å². The number of aryl methyl sites for hydroxylation is 1. The first kappa shape index (κ1) is 10.9. The second-order valence-corrected chi connectivity index (χ2v) is 5.16. The van der Waals surface area contributed by atoms with E-state index in [2.05, 4.69) is 25.1 Å². The molecule has 0 bridgehead atoms. The molecule has 1 aliphatic heterocycles. The maximum atomic E-state index is 6.14. The lowest BCUT2D eigenvalue weighted by Crippen LogP contribution is -2.37. The highest BCUT2D eigenvalue weighted by atomic mass is 16.7. The molecule has 0 aromatic heterocycles. The van der Waals surface area contributed by atoms with Crippen molar-refractivity contribution in [1.29, 1.82) is 0 Å². The highest BCUT2D eigenvalue weighted by Gasteiger charge is 2.41. The molecule has 1 aliphatic carbocycles. The molecule has 0 saturated heterocycles. The molecule has 1 aromatic carbocycles. The van der Waals surface area contributed by atoms with Gasteiger partial charge in [0, 0.05) is 12.8 Å². The van der Waals surface area contributed by atoms with E-state index in [1.807, 2.05) is 0 Å². The van der Waals surface area contributed by atoms with Crippen LogP contribution in [-0.2, 0) is 6.42 Å². The van der Waals surface area contributed by atoms with Crippen LogP contribution in [0.2, 0.25) is 0 Å². The lowest BCUT2D eigenvalue weighted by molar-refractivity contribution is -0.0900. The molecule has 1 fully saturated rings. The van der Waals surface area contributed by atoms with Gasteiger partial charge in [0.25, 0.3) is 5.79 Å². The summed E-state index contributed by atoms with van der Waals surface area (Å²) in [4.78, 5) is 0. The molecule has 2 nitrogen and oxygen atoms in total. The standard InChI is InChI=1S/C15H20O2/c1-2-12-7-8-13-14(11-12)17-15(16-13)9-5-3-4-6-10-15/h7-8,11H,2-6,9-10H2,1H3. The van der Waals surface area contributed by atoms with Crippen LogP contribution in [-0.4, -0.2) is 5.79 Å². The summed E-state index contributed by atoms with van der Waals surface area (Å²) in [6.07, 6.45) is 8.16. The summed E-state index contributed by atoms with van der Waals surface area (Å²) in [5.74, 6) is 1.54. The average molecular weight is 232 g/mol. The minimum absolute atomic E-state index is 0.342. The Morgan fingerprint density at radius 3 is 2.41 bits per heavy atom. The zero-order chi connectivity index (χ0) is 11.7. The van der Waals surface area contributed by atoms with Gasteiger partial charge < -0.3 is 9.47 Å². The largest absolute Gasteiger partial charge is 0.448 e. The topological polar surface area (TPSA) is 18.5 Å². The maximum absolute atomic E-state index is 6.14. The van der Waals surface area contributed by atoms with E-state index in [0.717, 1.165) is 30.8 Å². The first-order valence-electron chi connectivity index (χ1n) is 6.82. The minimum atomic E-state index is -0.342. The summed E-state index contributed by atoms with van der Waals surface area (Å²) in [6, 6.07) is 6.33. The quantitative estimate of drug-likeness (QED) is 0.726. The number of hydrogen-bond donors (Lipinski definition) is 0. The summed E-state index contributed by atoms with van der Waals surface area (Å²) < 4.78 is 12.2. The van der Waals surface area contributed by atoms with Crippen molar-refractivity contribution in [3.8, 4) is 11.5 Å². The molecule has 2 heteroatoms. The zero-order valence-electron chi connectivity index (χ0n) is 10.5. The molecule has 1 saturated carbocycles. The molecule has 92 valence electrons. The molecule has 0 N–H and O–H groups in total. The van der Waals surface area contributed by atoms with Gasteiger partial charge in [0.15, 0.2) is 11.5 Å². The highest BCUT2D eigenvalue weighted by Crippen LogP contribution is 2.45. The van der Waals surface area contributed by atoms with Crippen LogP contribution in [0.1, 0.15) is 51.0 Å². The van der Waals surface area contributed by atoms with Gasteiger partial charge in [-0.1, -0.05) is 25.8 Å². The Balaban J connectivity index is 1.85. The molecule has 0 unspecified atom stereocenters. The summed E-state index contributed by atoms with van der Waals surface area (Å²) >= 11 is 0. The highest BCUT2D eigenvalue weighted by molar-refractivity contribution is 5.46. The Morgan fingerprint density at radius 1 is 1.00 bits per heavy atom. The van der Waals surface area contributed by atoms with Crippen molar-refractivity contribution in [3.63, 3.8) is 0 Å². The molecular formula is C15H20O2. The van der Waals surface area contributed by atoms with Crippen LogP contribution in [0.25, 0.3) is 0 Å². The van der Waals surface area contributed by atoms with E-state index in [1.54, 1.807) is 0 Å². The average Bonchev–Trinajstić information content (AvgIpc) is 2.54. The first-order valence-corrected chi connectivity index (χ1v) is 6.82. The number of ether oxygens (including phenoxy) is 2. The number of benzene rings is 1. The summed E-state index contributed by atoms with van der Waals surface area (Å²) in [5.41, 5.74) is 1.32. The third kappa shape index (κ3) is 2.01. The third-order valence-corrected chi connectivity index (χ3v) is 3.87. The summed E-state index contributed by atoms with van der Waals surface area (Å²) in [5, 5.41) is 0. The van der Waals surface area contributed by atoms with E-state index in [9.17, 15) is 0 Å². The summed E-state index contributed by atoms with van der Waals surface area (Å²) in [6.45, 7) is 2.17. The fourth-order valence-electron chi connectivity index (χ4n) is 2.83. The van der Waals surface area contributed by atoms with Gasteiger partial charge in [-0.25, -0.2) is 0 Å². The van der Waals surface area contributed by atoms with E-state index in [1.165, 1.54) is 31.2 Å². The predicted molar refractivity (Wildman–Crippen MR) is 67.5 cm³/mol. The van der Waals surface area contributed by atoms with Crippen molar-refractivity contribution >= 4 is 0 Å². The van der Waals surface area contributed by atoms with Crippen LogP contribution in [0, 0.1) is 0 Å². The van der Waals surface area contributed by atoms with E-state index in [0.29, 0.717) is 0 Å². The molecular weight excluding hydrogens is 212 g/mol. The van der Waals surface area contributed by atoms with Gasteiger partial charge in [-0.05, 0) is 37.0 Å². The van der Waals surface area contributed by atoms with E-state index in [-0.39, 0.29) is 5.79 Å². The minimum Gasteiger partial charge on any atom is -0.448 e. The van der Waals surface area contributed by atoms with E-state index in [4.69, 9.17) is 9.47 Å². The third-order valence-electron chi connectivity index (χ3n) is 3.87. The van der Waals surface area contributed by atoms with Crippen LogP contribution in [0.3, 0.4) is 0 Å². The van der Waals surface area contributed by atoms with Crippen molar-refractivity contribution in [2.24, 2.45) is 0 Å². The Morgan fingerprint density at radius 2 is 1.71 bits per heavy atom. The maximum Gasteiger partial charge on any atom is 0.251 e. The fourth-order valence-corrected chi connectivity index (χ4v) is 2.83. The van der Waals surface area contributed by atoms with E-state index < -0.39 is 0 Å². The summed E-state index contributed by atoms with van der Waals surface area (Å²) in [7, 11) is 0. The number of fused-ring (bicyclic) bond motifs is 1. The van der Waals surface area contributed by atoms with Crippen LogP contribution in [0.5, 0.6) is 11.5 Å². The Labute approximate surface area is 103 Å². The molecule has 1 aromatic rings. The molecule has 2 aliphatic rings.